The summed E-state index contributed by atoms with van der Waals surface area (Å²) in [6.07, 6.45) is 23.4. The Morgan fingerprint density at radius 3 is 1.09 bits per heavy atom. The summed E-state index contributed by atoms with van der Waals surface area (Å²) < 4.78 is 43.1. The number of aliphatic carboxylic acids is 2. The zero-order valence-electron chi connectivity index (χ0n) is 37.3. The molecule has 0 amide bonds. The molecule has 4 atom stereocenters. The highest BCUT2D eigenvalue weighted by Crippen LogP contribution is 2.62. The zero-order valence-corrected chi connectivity index (χ0v) is 37.3. The normalized spacial score (nSPS) is 37.6. The maximum absolute atomic E-state index is 15.2. The predicted molar refractivity (Wildman–Crippen MR) is 235 cm³/mol. The Morgan fingerprint density at radius 2 is 0.797 bits per heavy atom. The Morgan fingerprint density at radius 1 is 0.484 bits per heavy atom. The number of rotatable bonds is 14. The largest absolute Gasteiger partial charge is 0.493 e. The molecule has 2 aromatic carbocycles. The second-order valence-electron chi connectivity index (χ2n) is 23.4. The van der Waals surface area contributed by atoms with E-state index >= 15 is 8.78 Å². The number of ether oxygens (including phenoxy) is 2. The average molecular weight is 881 g/mol. The van der Waals surface area contributed by atoms with Crippen LogP contribution in [0.2, 0.25) is 0 Å². The van der Waals surface area contributed by atoms with Crippen molar-refractivity contribution >= 4 is 23.5 Å². The quantitative estimate of drug-likeness (QED) is 0.180. The molecule has 8 nitrogen and oxygen atoms in total. The number of benzene rings is 2. The standard InChI is InChI=1S/2C27H33FO4/c2*28-23-10-24(32-14-27-11-15-6-16(12-27)8-17(7-15)13-27)21(18-4-5-18)9-22(23)25(29)19-2-1-3-20(19)26(30)31/h2*9-10,15-20H,1-8,11-14H2,(H,30,31)/t2*15?,16?,17?,19-,20-,27?/m10/s1. The molecule has 2 aromatic rings. The first kappa shape index (κ1) is 42.8. The Bertz CT molecular complexity index is 1980. The highest BCUT2D eigenvalue weighted by molar-refractivity contribution is 6.01. The smallest absolute Gasteiger partial charge is 0.307 e. The van der Waals surface area contributed by atoms with Crippen LogP contribution in [0.15, 0.2) is 24.3 Å². The number of carbonyl (C=O) groups is 4. The summed E-state index contributed by atoms with van der Waals surface area (Å²) in [6.45, 7) is 1.32. The van der Waals surface area contributed by atoms with Crippen molar-refractivity contribution in [3.8, 4) is 11.5 Å². The Kier molecular flexibility index (Phi) is 11.0. The first-order chi connectivity index (χ1) is 30.8. The molecule has 0 radical (unpaired) electrons. The molecule has 10 heteroatoms. The first-order valence-corrected chi connectivity index (χ1v) is 25.3. The van der Waals surface area contributed by atoms with E-state index in [2.05, 4.69) is 0 Å². The molecule has 0 saturated heterocycles. The third-order valence-electron chi connectivity index (χ3n) is 18.5. The second kappa shape index (κ2) is 16.5. The minimum Gasteiger partial charge on any atom is -0.493 e. The lowest BCUT2D eigenvalue weighted by atomic mass is 9.50. The number of hydrogen-bond acceptors (Lipinski definition) is 6. The van der Waals surface area contributed by atoms with Gasteiger partial charge in [-0.3, -0.25) is 19.2 Å². The van der Waals surface area contributed by atoms with E-state index in [4.69, 9.17) is 9.47 Å². The molecule has 14 rings (SSSR count). The number of carbonyl (C=O) groups excluding carboxylic acids is 2. The van der Waals surface area contributed by atoms with Crippen molar-refractivity contribution in [3.63, 3.8) is 0 Å². The highest BCUT2D eigenvalue weighted by atomic mass is 19.1. The maximum atomic E-state index is 15.2. The van der Waals surface area contributed by atoms with Crippen molar-refractivity contribution in [2.45, 2.75) is 153 Å². The van der Waals surface area contributed by atoms with Gasteiger partial charge < -0.3 is 19.7 Å². The molecule has 0 unspecified atom stereocenters. The molecular formula is C54H66F2O8. The fraction of sp³-hybridized carbons (Fsp3) is 0.704. The summed E-state index contributed by atoms with van der Waals surface area (Å²) in [5.41, 5.74) is 2.52. The fourth-order valence-electron chi connectivity index (χ4n) is 16.1. The van der Waals surface area contributed by atoms with Crippen LogP contribution in [-0.4, -0.2) is 46.9 Å². The number of hydrogen-bond donors (Lipinski definition) is 2. The molecule has 8 bridgehead atoms. The fourth-order valence-corrected chi connectivity index (χ4v) is 16.1. The summed E-state index contributed by atoms with van der Waals surface area (Å²) in [5.74, 6) is 0.617. The summed E-state index contributed by atoms with van der Waals surface area (Å²) in [6, 6.07) is 6.24. The Labute approximate surface area is 376 Å². The summed E-state index contributed by atoms with van der Waals surface area (Å²) in [7, 11) is 0. The summed E-state index contributed by atoms with van der Waals surface area (Å²) >= 11 is 0. The van der Waals surface area contributed by atoms with Gasteiger partial charge in [-0.1, -0.05) is 12.8 Å². The van der Waals surface area contributed by atoms with Crippen molar-refractivity contribution in [1.29, 1.82) is 0 Å². The van der Waals surface area contributed by atoms with Gasteiger partial charge in [-0.05, 0) is 199 Å². The third kappa shape index (κ3) is 8.21. The van der Waals surface area contributed by atoms with Crippen LogP contribution in [0.4, 0.5) is 8.78 Å². The molecule has 12 saturated carbocycles. The predicted octanol–water partition coefficient (Wildman–Crippen LogP) is 12.0. The van der Waals surface area contributed by atoms with Crippen LogP contribution in [-0.2, 0) is 9.59 Å². The van der Waals surface area contributed by atoms with Gasteiger partial charge in [0, 0.05) is 34.8 Å². The van der Waals surface area contributed by atoms with E-state index in [-0.39, 0.29) is 33.5 Å². The van der Waals surface area contributed by atoms with Gasteiger partial charge >= 0.3 is 11.9 Å². The van der Waals surface area contributed by atoms with Crippen LogP contribution >= 0.6 is 0 Å². The first-order valence-electron chi connectivity index (χ1n) is 25.3. The van der Waals surface area contributed by atoms with Crippen LogP contribution in [0.1, 0.15) is 185 Å². The van der Waals surface area contributed by atoms with Gasteiger partial charge in [0.25, 0.3) is 0 Å². The lowest BCUT2D eigenvalue weighted by Crippen LogP contribution is -2.48. The third-order valence-corrected chi connectivity index (χ3v) is 18.5. The molecule has 64 heavy (non-hydrogen) atoms. The number of carboxylic acid groups (broad SMARTS) is 2. The van der Waals surface area contributed by atoms with Crippen molar-refractivity contribution < 1.29 is 47.6 Å². The molecule has 0 aromatic heterocycles. The summed E-state index contributed by atoms with van der Waals surface area (Å²) in [4.78, 5) is 49.4. The van der Waals surface area contributed by atoms with Gasteiger partial charge in [-0.2, -0.15) is 0 Å². The lowest BCUT2D eigenvalue weighted by molar-refractivity contribution is -0.143. The number of ketones is 2. The molecule has 0 heterocycles. The maximum Gasteiger partial charge on any atom is 0.307 e. The summed E-state index contributed by atoms with van der Waals surface area (Å²) in [5, 5.41) is 18.9. The van der Waals surface area contributed by atoms with E-state index in [0.29, 0.717) is 75.1 Å². The molecule has 0 spiro atoms. The van der Waals surface area contributed by atoms with Crippen molar-refractivity contribution in [1.82, 2.24) is 0 Å². The Balaban J connectivity index is 0.000000143. The van der Waals surface area contributed by atoms with Gasteiger partial charge in [-0.25, -0.2) is 8.78 Å². The Hall–Kier alpha value is -3.82. The van der Waals surface area contributed by atoms with Gasteiger partial charge in [0.2, 0.25) is 0 Å². The van der Waals surface area contributed by atoms with Gasteiger partial charge in [0.15, 0.2) is 11.6 Å². The molecule has 12 aliphatic carbocycles. The monoisotopic (exact) mass is 880 g/mol. The van der Waals surface area contributed by atoms with Crippen LogP contribution in [0, 0.1) is 81.6 Å². The molecular weight excluding hydrogens is 815 g/mol. The van der Waals surface area contributed by atoms with E-state index in [1.54, 1.807) is 12.1 Å². The van der Waals surface area contributed by atoms with Crippen LogP contribution in [0.25, 0.3) is 0 Å². The van der Waals surface area contributed by atoms with Crippen molar-refractivity contribution in [2.24, 2.45) is 70.0 Å². The van der Waals surface area contributed by atoms with E-state index in [9.17, 15) is 29.4 Å². The molecule has 344 valence electrons. The lowest BCUT2D eigenvalue weighted by Gasteiger charge is -2.56. The SMILES string of the molecule is O=C(O)[C@@H]1CCC[C@H]1C(=O)c1cc(C2CC2)c(OCC23CC4CC(CC(C4)C2)C3)cc1F.O=C(O)[C@H]1CCC[C@@H]1C(=O)c1cc(C2CC2)c(OCC23CC4CC(CC(C4)C2)C3)cc1F. The van der Waals surface area contributed by atoms with E-state index in [1.807, 2.05) is 0 Å². The van der Waals surface area contributed by atoms with Crippen LogP contribution < -0.4 is 9.47 Å². The van der Waals surface area contributed by atoms with Gasteiger partial charge in [0.05, 0.1) is 36.2 Å². The molecule has 0 aliphatic heterocycles. The second-order valence-corrected chi connectivity index (χ2v) is 23.4. The van der Waals surface area contributed by atoms with E-state index in [1.165, 1.54) is 89.2 Å². The number of carboxylic acids is 2. The van der Waals surface area contributed by atoms with E-state index < -0.39 is 47.2 Å². The molecule has 12 fully saturated rings. The van der Waals surface area contributed by atoms with Crippen LogP contribution in [0.5, 0.6) is 11.5 Å². The number of Topliss-reactive ketones (excluding diaryl/α,β-unsaturated/α-hetero) is 2. The van der Waals surface area contributed by atoms with Crippen molar-refractivity contribution in [3.05, 3.63) is 58.2 Å². The van der Waals surface area contributed by atoms with Gasteiger partial charge in [0.1, 0.15) is 23.1 Å². The molecule has 12 aliphatic rings. The van der Waals surface area contributed by atoms with E-state index in [0.717, 1.165) is 72.3 Å². The topological polar surface area (TPSA) is 127 Å². The minimum atomic E-state index is -0.945. The highest BCUT2D eigenvalue weighted by Gasteiger charge is 2.53. The minimum absolute atomic E-state index is 0.0622. The van der Waals surface area contributed by atoms with Gasteiger partial charge in [-0.15, -0.1) is 0 Å². The number of halogens is 2. The zero-order chi connectivity index (χ0) is 44.1. The van der Waals surface area contributed by atoms with Crippen molar-refractivity contribution in [2.75, 3.05) is 13.2 Å². The average Bonchev–Trinajstić information content (AvgIpc) is 4.17. The van der Waals surface area contributed by atoms with Crippen LogP contribution in [0.3, 0.4) is 0 Å². The molecule has 2 N–H and O–H groups in total.